The van der Waals surface area contributed by atoms with Gasteiger partial charge in [0.05, 0.1) is 0 Å². The van der Waals surface area contributed by atoms with Crippen LogP contribution in [-0.4, -0.2) is 33.6 Å². The Morgan fingerprint density at radius 3 is 2.60 bits per heavy atom. The van der Waals surface area contributed by atoms with Gasteiger partial charge in [-0.2, -0.15) is 5.10 Å². The highest BCUT2D eigenvalue weighted by Gasteiger charge is 2.28. The molecule has 56 valence electrons. The SMILES string of the molecule is CN1N=C(Cl)C(=NO)C1Cl. The first-order chi connectivity index (χ1) is 4.66. The van der Waals surface area contributed by atoms with Crippen molar-refractivity contribution in [2.24, 2.45) is 10.3 Å². The molecule has 1 N–H and O–H groups in total. The summed E-state index contributed by atoms with van der Waals surface area (Å²) in [6.45, 7) is 0. The quantitative estimate of drug-likeness (QED) is 0.261. The zero-order chi connectivity index (χ0) is 7.72. The van der Waals surface area contributed by atoms with Gasteiger partial charge in [0.15, 0.2) is 16.4 Å². The van der Waals surface area contributed by atoms with Gasteiger partial charge in [0.25, 0.3) is 0 Å². The Labute approximate surface area is 67.7 Å². The van der Waals surface area contributed by atoms with E-state index in [1.807, 2.05) is 0 Å². The van der Waals surface area contributed by atoms with E-state index in [4.69, 9.17) is 28.4 Å². The molecule has 0 radical (unpaired) electrons. The second-order valence-electron chi connectivity index (χ2n) is 1.79. The third kappa shape index (κ3) is 1.04. The largest absolute Gasteiger partial charge is 0.410 e. The molecule has 0 aromatic carbocycles. The Balaban J connectivity index is 2.89. The van der Waals surface area contributed by atoms with E-state index in [9.17, 15) is 0 Å². The molecule has 6 heteroatoms. The zero-order valence-electron chi connectivity index (χ0n) is 5.12. The van der Waals surface area contributed by atoms with E-state index in [-0.39, 0.29) is 10.9 Å². The molecule has 0 saturated heterocycles. The lowest BCUT2D eigenvalue weighted by Crippen LogP contribution is -2.24. The van der Waals surface area contributed by atoms with Crippen molar-refractivity contribution in [1.29, 1.82) is 0 Å². The Kier molecular flexibility index (Phi) is 2.01. The second-order valence-corrected chi connectivity index (χ2v) is 2.56. The van der Waals surface area contributed by atoms with Gasteiger partial charge in [-0.05, 0) is 0 Å². The molecule has 1 atom stereocenters. The van der Waals surface area contributed by atoms with Crippen LogP contribution in [0.25, 0.3) is 0 Å². The molecule has 0 amide bonds. The fourth-order valence-electron chi connectivity index (χ4n) is 0.605. The van der Waals surface area contributed by atoms with E-state index in [1.54, 1.807) is 7.05 Å². The number of hydrazone groups is 1. The third-order valence-corrected chi connectivity index (χ3v) is 1.88. The van der Waals surface area contributed by atoms with Gasteiger partial charge in [0.1, 0.15) is 0 Å². The Morgan fingerprint density at radius 1 is 1.80 bits per heavy atom. The minimum absolute atomic E-state index is 0.130. The standard InChI is InChI=1S/C4H5Cl2N3O/c1-9-4(6)2(8-10)3(5)7-9/h4,10H,1H3. The van der Waals surface area contributed by atoms with Gasteiger partial charge in [0, 0.05) is 7.05 Å². The van der Waals surface area contributed by atoms with Crippen LogP contribution >= 0.6 is 23.2 Å². The van der Waals surface area contributed by atoms with Crippen molar-refractivity contribution in [2.45, 2.75) is 5.50 Å². The molecule has 0 aromatic rings. The molecule has 0 aliphatic carbocycles. The van der Waals surface area contributed by atoms with E-state index in [0.717, 1.165) is 0 Å². The number of hydrogen-bond acceptors (Lipinski definition) is 4. The molecule has 1 rings (SSSR count). The Bertz CT molecular complexity index is 203. The number of nitrogens with zero attached hydrogens (tertiary/aromatic N) is 3. The van der Waals surface area contributed by atoms with Crippen LogP contribution in [-0.2, 0) is 0 Å². The maximum atomic E-state index is 8.34. The molecule has 4 nitrogen and oxygen atoms in total. The first-order valence-electron chi connectivity index (χ1n) is 2.50. The van der Waals surface area contributed by atoms with Gasteiger partial charge in [-0.1, -0.05) is 28.4 Å². The number of rotatable bonds is 0. The summed E-state index contributed by atoms with van der Waals surface area (Å²) in [5.74, 6) is 0. The van der Waals surface area contributed by atoms with Crippen molar-refractivity contribution in [2.75, 3.05) is 7.05 Å². The molecule has 0 bridgehead atoms. The fraction of sp³-hybridized carbons (Fsp3) is 0.500. The maximum absolute atomic E-state index is 8.34. The minimum Gasteiger partial charge on any atom is -0.410 e. The molecule has 0 aromatic heterocycles. The normalized spacial score (nSPS) is 29.5. The number of alkyl halides is 1. The summed E-state index contributed by atoms with van der Waals surface area (Å²) in [4.78, 5) is 0. The summed E-state index contributed by atoms with van der Waals surface area (Å²) in [5.41, 5.74) is -0.372. The second kappa shape index (κ2) is 2.64. The number of oxime groups is 1. The van der Waals surface area contributed by atoms with Gasteiger partial charge >= 0.3 is 0 Å². The fourth-order valence-corrected chi connectivity index (χ4v) is 1.11. The van der Waals surface area contributed by atoms with Gasteiger partial charge in [0.2, 0.25) is 0 Å². The highest BCUT2D eigenvalue weighted by molar-refractivity contribution is 6.86. The predicted molar refractivity (Wildman–Crippen MR) is 39.9 cm³/mol. The maximum Gasteiger partial charge on any atom is 0.177 e. The summed E-state index contributed by atoms with van der Waals surface area (Å²) in [7, 11) is 1.64. The Hall–Kier alpha value is -0.480. The monoisotopic (exact) mass is 181 g/mol. The molecule has 0 fully saturated rings. The van der Waals surface area contributed by atoms with Crippen molar-refractivity contribution in [3.05, 3.63) is 0 Å². The van der Waals surface area contributed by atoms with Crippen molar-refractivity contribution >= 4 is 34.1 Å². The van der Waals surface area contributed by atoms with Crippen LogP contribution in [0.5, 0.6) is 0 Å². The molecule has 1 unspecified atom stereocenters. The smallest absolute Gasteiger partial charge is 0.177 e. The molecular weight excluding hydrogens is 177 g/mol. The minimum atomic E-state index is -0.558. The summed E-state index contributed by atoms with van der Waals surface area (Å²) in [5, 5.41) is 16.5. The van der Waals surface area contributed by atoms with Gasteiger partial charge in [-0.25, -0.2) is 0 Å². The van der Waals surface area contributed by atoms with E-state index in [1.165, 1.54) is 5.01 Å². The number of hydrogen-bond donors (Lipinski definition) is 1. The predicted octanol–water partition coefficient (Wildman–Crippen LogP) is 0.879. The van der Waals surface area contributed by atoms with E-state index >= 15 is 0 Å². The summed E-state index contributed by atoms with van der Waals surface area (Å²) < 4.78 is 0. The topological polar surface area (TPSA) is 48.2 Å². The molecular formula is C4H5Cl2N3O. The first-order valence-corrected chi connectivity index (χ1v) is 3.31. The van der Waals surface area contributed by atoms with Crippen LogP contribution in [0.3, 0.4) is 0 Å². The van der Waals surface area contributed by atoms with Crippen molar-refractivity contribution in [3.8, 4) is 0 Å². The molecule has 1 aliphatic heterocycles. The molecule has 0 spiro atoms. The van der Waals surface area contributed by atoms with Crippen LogP contribution in [0, 0.1) is 0 Å². The lowest BCUT2D eigenvalue weighted by atomic mass is 10.4. The average Bonchev–Trinajstić information content (AvgIpc) is 2.09. The van der Waals surface area contributed by atoms with Crippen molar-refractivity contribution in [3.63, 3.8) is 0 Å². The Morgan fingerprint density at radius 2 is 2.40 bits per heavy atom. The first kappa shape index (κ1) is 7.63. The summed E-state index contributed by atoms with van der Waals surface area (Å²) in [6.07, 6.45) is 0. The van der Waals surface area contributed by atoms with Crippen LogP contribution < -0.4 is 0 Å². The third-order valence-electron chi connectivity index (χ3n) is 1.12. The number of halogens is 2. The highest BCUT2D eigenvalue weighted by atomic mass is 35.5. The zero-order valence-corrected chi connectivity index (χ0v) is 6.63. The van der Waals surface area contributed by atoms with E-state index in [0.29, 0.717) is 0 Å². The van der Waals surface area contributed by atoms with Gasteiger partial charge in [-0.3, -0.25) is 5.01 Å². The van der Waals surface area contributed by atoms with Crippen molar-refractivity contribution < 1.29 is 5.21 Å². The van der Waals surface area contributed by atoms with Gasteiger partial charge < -0.3 is 5.21 Å². The van der Waals surface area contributed by atoms with Crippen LogP contribution in [0.2, 0.25) is 0 Å². The average molecular weight is 182 g/mol. The molecule has 1 aliphatic rings. The highest BCUT2D eigenvalue weighted by Crippen LogP contribution is 2.15. The lowest BCUT2D eigenvalue weighted by molar-refractivity contribution is 0.313. The summed E-state index contributed by atoms with van der Waals surface area (Å²) in [6, 6.07) is 0. The molecule has 0 saturated carbocycles. The van der Waals surface area contributed by atoms with Crippen LogP contribution in [0.4, 0.5) is 0 Å². The lowest BCUT2D eigenvalue weighted by Gasteiger charge is -2.09. The van der Waals surface area contributed by atoms with E-state index in [2.05, 4.69) is 10.3 Å². The van der Waals surface area contributed by atoms with E-state index < -0.39 is 5.50 Å². The molecule has 10 heavy (non-hydrogen) atoms. The van der Waals surface area contributed by atoms with Gasteiger partial charge in [-0.15, -0.1) is 0 Å². The van der Waals surface area contributed by atoms with Crippen LogP contribution in [0.15, 0.2) is 10.3 Å². The summed E-state index contributed by atoms with van der Waals surface area (Å²) >= 11 is 11.2. The van der Waals surface area contributed by atoms with Crippen LogP contribution in [0.1, 0.15) is 0 Å². The van der Waals surface area contributed by atoms with Crippen molar-refractivity contribution in [1.82, 2.24) is 5.01 Å². The molecule has 1 heterocycles.